The number of carbonyl (C=O) groups excluding carboxylic acids is 1. The Morgan fingerprint density at radius 3 is 2.68 bits per heavy atom. The lowest BCUT2D eigenvalue weighted by atomic mass is 10.0. The molecular weight excluding hydrogens is 319 g/mol. The Kier molecular flexibility index (Phi) is 3.48. The van der Waals surface area contributed by atoms with Crippen LogP contribution in [0, 0.1) is 0 Å². The van der Waals surface area contributed by atoms with Crippen molar-refractivity contribution in [3.05, 3.63) is 47.0 Å². The average molecular weight is 328 g/mol. The first-order chi connectivity index (χ1) is 10.3. The monoisotopic (exact) mass is 327 g/mol. The topological polar surface area (TPSA) is 38.3 Å². The minimum absolute atomic E-state index is 0.138. The molecule has 0 fully saturated rings. The number of hydrogen-bond donors (Lipinski definition) is 1. The van der Waals surface area contributed by atoms with E-state index in [1.165, 1.54) is 18.2 Å². The van der Waals surface area contributed by atoms with Crippen LogP contribution in [0.1, 0.15) is 5.56 Å². The molecule has 0 unspecified atom stereocenters. The smallest absolute Gasteiger partial charge is 0.405 e. The Hall–Kier alpha value is -2.21. The van der Waals surface area contributed by atoms with Gasteiger partial charge in [0.15, 0.2) is 0 Å². The van der Waals surface area contributed by atoms with E-state index in [4.69, 9.17) is 11.6 Å². The molecular formula is C15H9ClF3NO2. The Morgan fingerprint density at radius 2 is 1.95 bits per heavy atom. The number of anilines is 1. The number of carbonyl (C=O) groups is 1. The molecule has 0 saturated carbocycles. The Morgan fingerprint density at radius 1 is 1.18 bits per heavy atom. The highest BCUT2D eigenvalue weighted by Crippen LogP contribution is 2.40. The van der Waals surface area contributed by atoms with Gasteiger partial charge in [-0.15, -0.1) is 13.2 Å². The first kappa shape index (κ1) is 14.7. The second-order valence-electron chi connectivity index (χ2n) is 4.76. The first-order valence-corrected chi connectivity index (χ1v) is 6.69. The van der Waals surface area contributed by atoms with Gasteiger partial charge < -0.3 is 10.1 Å². The van der Waals surface area contributed by atoms with Crippen molar-refractivity contribution in [3.8, 4) is 16.9 Å². The van der Waals surface area contributed by atoms with Crippen molar-refractivity contribution < 1.29 is 22.7 Å². The second-order valence-corrected chi connectivity index (χ2v) is 5.16. The largest absolute Gasteiger partial charge is 0.573 e. The molecule has 22 heavy (non-hydrogen) atoms. The Balaban J connectivity index is 2.09. The van der Waals surface area contributed by atoms with Crippen LogP contribution in [-0.2, 0) is 11.2 Å². The van der Waals surface area contributed by atoms with Crippen LogP contribution in [0.25, 0.3) is 11.1 Å². The van der Waals surface area contributed by atoms with E-state index < -0.39 is 6.36 Å². The summed E-state index contributed by atoms with van der Waals surface area (Å²) in [6.45, 7) is 0. The number of nitrogens with one attached hydrogen (secondary N) is 1. The van der Waals surface area contributed by atoms with E-state index in [-0.39, 0.29) is 28.7 Å². The third kappa shape index (κ3) is 2.87. The molecule has 0 bridgehead atoms. The Labute approximate surface area is 128 Å². The quantitative estimate of drug-likeness (QED) is 0.887. The molecule has 1 aliphatic heterocycles. The predicted molar refractivity (Wildman–Crippen MR) is 75.9 cm³/mol. The van der Waals surface area contributed by atoms with Crippen LogP contribution in [0.2, 0.25) is 5.02 Å². The van der Waals surface area contributed by atoms with Gasteiger partial charge in [0.25, 0.3) is 0 Å². The van der Waals surface area contributed by atoms with Crippen LogP contribution in [0.5, 0.6) is 5.75 Å². The number of halogens is 4. The van der Waals surface area contributed by atoms with Crippen molar-refractivity contribution >= 4 is 23.2 Å². The zero-order valence-corrected chi connectivity index (χ0v) is 11.8. The fraction of sp³-hybridized carbons (Fsp3) is 0.133. The van der Waals surface area contributed by atoms with Crippen LogP contribution in [0.3, 0.4) is 0 Å². The minimum Gasteiger partial charge on any atom is -0.405 e. The summed E-state index contributed by atoms with van der Waals surface area (Å²) in [4.78, 5) is 11.4. The summed E-state index contributed by atoms with van der Waals surface area (Å²) in [5.41, 5.74) is 1.96. The number of ether oxygens (including phenoxy) is 1. The molecule has 7 heteroatoms. The highest BCUT2D eigenvalue weighted by atomic mass is 35.5. The fourth-order valence-corrected chi connectivity index (χ4v) is 2.65. The zero-order valence-electron chi connectivity index (χ0n) is 11.0. The van der Waals surface area contributed by atoms with Crippen LogP contribution in [-0.4, -0.2) is 12.3 Å². The standard InChI is InChI=1S/C15H9ClF3NO2/c16-10-2-1-3-12(22-15(17,18)19)14(10)8-4-5-11-9(6-8)7-13(21)20-11/h1-6H,7H2,(H,20,21). The normalized spacial score (nSPS) is 13.7. The molecule has 0 aliphatic carbocycles. The van der Waals surface area contributed by atoms with Gasteiger partial charge in [-0.1, -0.05) is 23.7 Å². The van der Waals surface area contributed by atoms with Gasteiger partial charge in [0.1, 0.15) is 5.75 Å². The molecule has 0 spiro atoms. The number of fused-ring (bicyclic) bond motifs is 1. The van der Waals surface area contributed by atoms with Gasteiger partial charge in [-0.2, -0.15) is 0 Å². The van der Waals surface area contributed by atoms with E-state index in [0.29, 0.717) is 16.8 Å². The fourth-order valence-electron chi connectivity index (χ4n) is 2.38. The highest BCUT2D eigenvalue weighted by molar-refractivity contribution is 6.33. The van der Waals surface area contributed by atoms with E-state index in [2.05, 4.69) is 10.1 Å². The van der Waals surface area contributed by atoms with E-state index in [9.17, 15) is 18.0 Å². The van der Waals surface area contributed by atoms with Crippen molar-refractivity contribution in [2.75, 3.05) is 5.32 Å². The molecule has 1 aliphatic rings. The molecule has 2 aromatic carbocycles. The second kappa shape index (κ2) is 5.21. The number of benzene rings is 2. The lowest BCUT2D eigenvalue weighted by molar-refractivity contribution is -0.274. The van der Waals surface area contributed by atoms with Gasteiger partial charge in [0.05, 0.1) is 11.4 Å². The van der Waals surface area contributed by atoms with Crippen LogP contribution in [0.15, 0.2) is 36.4 Å². The Bertz CT molecular complexity index is 759. The maximum Gasteiger partial charge on any atom is 0.573 e. The number of alkyl halides is 3. The molecule has 2 aromatic rings. The SMILES string of the molecule is O=C1Cc2cc(-c3c(Cl)cccc3OC(F)(F)F)ccc2N1. The summed E-state index contributed by atoms with van der Waals surface area (Å²) in [5.74, 6) is -0.532. The average Bonchev–Trinajstić information content (AvgIpc) is 2.76. The molecule has 0 atom stereocenters. The van der Waals surface area contributed by atoms with Crippen molar-refractivity contribution in [2.45, 2.75) is 12.8 Å². The van der Waals surface area contributed by atoms with Gasteiger partial charge in [-0.05, 0) is 35.4 Å². The molecule has 0 saturated heterocycles. The summed E-state index contributed by atoms with van der Waals surface area (Å²) < 4.78 is 41.6. The third-order valence-electron chi connectivity index (χ3n) is 3.22. The van der Waals surface area contributed by atoms with Gasteiger partial charge in [0.2, 0.25) is 5.91 Å². The van der Waals surface area contributed by atoms with Gasteiger partial charge in [-0.3, -0.25) is 4.79 Å². The zero-order chi connectivity index (χ0) is 15.9. The lowest BCUT2D eigenvalue weighted by Gasteiger charge is -2.15. The van der Waals surface area contributed by atoms with Crippen LogP contribution < -0.4 is 10.1 Å². The van der Waals surface area contributed by atoms with E-state index in [1.807, 2.05) is 0 Å². The van der Waals surface area contributed by atoms with Crippen LogP contribution in [0.4, 0.5) is 18.9 Å². The van der Waals surface area contributed by atoms with E-state index >= 15 is 0 Å². The molecule has 1 N–H and O–H groups in total. The van der Waals surface area contributed by atoms with E-state index in [0.717, 1.165) is 0 Å². The molecule has 3 rings (SSSR count). The number of hydrogen-bond acceptors (Lipinski definition) is 2. The van der Waals surface area contributed by atoms with Gasteiger partial charge >= 0.3 is 6.36 Å². The minimum atomic E-state index is -4.81. The first-order valence-electron chi connectivity index (χ1n) is 6.31. The number of amides is 1. The summed E-state index contributed by atoms with van der Waals surface area (Å²) in [6.07, 6.45) is -4.63. The van der Waals surface area contributed by atoms with Crippen LogP contribution >= 0.6 is 11.6 Å². The summed E-state index contributed by atoms with van der Waals surface area (Å²) in [7, 11) is 0. The summed E-state index contributed by atoms with van der Waals surface area (Å²) in [5, 5.41) is 2.80. The molecule has 0 radical (unpaired) electrons. The molecule has 1 heterocycles. The maximum atomic E-state index is 12.5. The lowest BCUT2D eigenvalue weighted by Crippen LogP contribution is -2.17. The summed E-state index contributed by atoms with van der Waals surface area (Å²) >= 11 is 6.04. The molecule has 0 aromatic heterocycles. The van der Waals surface area contributed by atoms with E-state index in [1.54, 1.807) is 18.2 Å². The predicted octanol–water partition coefficient (Wildman–Crippen LogP) is 4.40. The van der Waals surface area contributed by atoms with Crippen molar-refractivity contribution in [1.82, 2.24) is 0 Å². The van der Waals surface area contributed by atoms with Crippen molar-refractivity contribution in [3.63, 3.8) is 0 Å². The van der Waals surface area contributed by atoms with Gasteiger partial charge in [0, 0.05) is 11.3 Å². The van der Waals surface area contributed by atoms with Crippen molar-refractivity contribution in [1.29, 1.82) is 0 Å². The third-order valence-corrected chi connectivity index (χ3v) is 3.54. The molecule has 3 nitrogen and oxygen atoms in total. The summed E-state index contributed by atoms with van der Waals surface area (Å²) in [6, 6.07) is 8.93. The van der Waals surface area contributed by atoms with Gasteiger partial charge in [-0.25, -0.2) is 0 Å². The van der Waals surface area contributed by atoms with Crippen molar-refractivity contribution in [2.24, 2.45) is 0 Å². The molecule has 114 valence electrons. The molecule has 1 amide bonds. The highest BCUT2D eigenvalue weighted by Gasteiger charge is 2.32. The maximum absolute atomic E-state index is 12.5. The number of rotatable bonds is 2.